The van der Waals surface area contributed by atoms with E-state index in [0.717, 1.165) is 12.2 Å². The summed E-state index contributed by atoms with van der Waals surface area (Å²) in [5.41, 5.74) is 2.65. The van der Waals surface area contributed by atoms with Gasteiger partial charge in [0.25, 0.3) is 0 Å². The standard InChI is InChI=1S/C22H26N2O2S/c1-3-26-21(25)19-11-13-20(14-12-19)23-22(27)24(16(2)18-9-10-18)15-17-7-5-4-6-8-17/h4-8,11-14,16,18H,3,9-10,15H2,1-2H3,(H,23,27). The van der Waals surface area contributed by atoms with Gasteiger partial charge in [-0.3, -0.25) is 0 Å². The molecule has 0 heterocycles. The first-order valence-electron chi connectivity index (χ1n) is 9.47. The fraction of sp³-hybridized carbons (Fsp3) is 0.364. The highest BCUT2D eigenvalue weighted by Gasteiger charge is 2.33. The fourth-order valence-electron chi connectivity index (χ4n) is 3.11. The number of carbonyl (C=O) groups excluding carboxylic acids is 1. The molecule has 0 aromatic heterocycles. The number of hydrogen-bond donors (Lipinski definition) is 1. The van der Waals surface area contributed by atoms with E-state index in [1.54, 1.807) is 19.1 Å². The summed E-state index contributed by atoms with van der Waals surface area (Å²) in [5.74, 6) is 0.402. The average molecular weight is 383 g/mol. The molecule has 1 N–H and O–H groups in total. The predicted octanol–water partition coefficient (Wildman–Crippen LogP) is 4.86. The second-order valence-corrected chi connectivity index (χ2v) is 7.31. The summed E-state index contributed by atoms with van der Waals surface area (Å²) in [5, 5.41) is 4.04. The molecule has 1 saturated carbocycles. The molecular weight excluding hydrogens is 356 g/mol. The van der Waals surface area contributed by atoms with E-state index in [4.69, 9.17) is 17.0 Å². The zero-order valence-electron chi connectivity index (χ0n) is 15.9. The Morgan fingerprint density at radius 3 is 2.44 bits per heavy atom. The van der Waals surface area contributed by atoms with Gasteiger partial charge in [-0.25, -0.2) is 4.79 Å². The van der Waals surface area contributed by atoms with Crippen molar-refractivity contribution in [1.82, 2.24) is 4.90 Å². The van der Waals surface area contributed by atoms with Crippen LogP contribution in [0.3, 0.4) is 0 Å². The first-order chi connectivity index (χ1) is 13.1. The highest BCUT2D eigenvalue weighted by Crippen LogP contribution is 2.36. The first kappa shape index (κ1) is 19.4. The Morgan fingerprint density at radius 1 is 1.19 bits per heavy atom. The number of nitrogens with zero attached hydrogens (tertiary/aromatic N) is 1. The molecule has 1 aliphatic rings. The van der Waals surface area contributed by atoms with Crippen LogP contribution in [0.1, 0.15) is 42.6 Å². The highest BCUT2D eigenvalue weighted by molar-refractivity contribution is 7.80. The van der Waals surface area contributed by atoms with Gasteiger partial charge in [-0.2, -0.15) is 0 Å². The van der Waals surface area contributed by atoms with E-state index < -0.39 is 0 Å². The normalized spacial score (nSPS) is 14.3. The number of carbonyl (C=O) groups is 1. The van der Waals surface area contributed by atoms with Gasteiger partial charge in [-0.15, -0.1) is 0 Å². The van der Waals surface area contributed by atoms with Gasteiger partial charge in [0, 0.05) is 18.3 Å². The Morgan fingerprint density at radius 2 is 1.85 bits per heavy atom. The number of nitrogens with one attached hydrogen (secondary N) is 1. The number of ether oxygens (including phenoxy) is 1. The van der Waals surface area contributed by atoms with Gasteiger partial charge in [0.1, 0.15) is 0 Å². The second kappa shape index (κ2) is 9.00. The maximum Gasteiger partial charge on any atom is 0.338 e. The molecule has 1 fully saturated rings. The van der Waals surface area contributed by atoms with Crippen molar-refractivity contribution >= 4 is 29.0 Å². The highest BCUT2D eigenvalue weighted by atomic mass is 32.1. The molecule has 5 heteroatoms. The minimum atomic E-state index is -0.306. The number of thiocarbonyl (C=S) groups is 1. The van der Waals surface area contributed by atoms with Crippen molar-refractivity contribution in [3.8, 4) is 0 Å². The lowest BCUT2D eigenvalue weighted by molar-refractivity contribution is 0.0526. The van der Waals surface area contributed by atoms with Crippen LogP contribution in [0.25, 0.3) is 0 Å². The van der Waals surface area contributed by atoms with Crippen LogP contribution >= 0.6 is 12.2 Å². The van der Waals surface area contributed by atoms with Gasteiger partial charge >= 0.3 is 5.97 Å². The van der Waals surface area contributed by atoms with Crippen LogP contribution in [-0.4, -0.2) is 28.6 Å². The smallest absolute Gasteiger partial charge is 0.338 e. The van der Waals surface area contributed by atoms with Crippen LogP contribution in [0.4, 0.5) is 5.69 Å². The lowest BCUT2D eigenvalue weighted by Gasteiger charge is -2.32. The number of benzene rings is 2. The summed E-state index contributed by atoms with van der Waals surface area (Å²) in [6, 6.07) is 18.0. The lowest BCUT2D eigenvalue weighted by atomic mass is 10.1. The monoisotopic (exact) mass is 382 g/mol. The van der Waals surface area contributed by atoms with Gasteiger partial charge in [0.15, 0.2) is 5.11 Å². The SMILES string of the molecule is CCOC(=O)c1ccc(NC(=S)N(Cc2ccccc2)C(C)C2CC2)cc1. The zero-order chi connectivity index (χ0) is 19.2. The van der Waals surface area contributed by atoms with Crippen LogP contribution in [0.15, 0.2) is 54.6 Å². The van der Waals surface area contributed by atoms with Gasteiger partial charge in [-0.1, -0.05) is 30.3 Å². The number of hydrogen-bond acceptors (Lipinski definition) is 3. The summed E-state index contributed by atoms with van der Waals surface area (Å²) >= 11 is 5.73. The second-order valence-electron chi connectivity index (χ2n) is 6.92. The molecule has 1 unspecified atom stereocenters. The Hall–Kier alpha value is -2.40. The Balaban J connectivity index is 1.69. The molecule has 4 nitrogen and oxygen atoms in total. The van der Waals surface area contributed by atoms with Crippen molar-refractivity contribution in [2.24, 2.45) is 5.92 Å². The first-order valence-corrected chi connectivity index (χ1v) is 9.88. The van der Waals surface area contributed by atoms with Crippen molar-refractivity contribution in [3.05, 3.63) is 65.7 Å². The maximum atomic E-state index is 11.8. The number of anilines is 1. The van der Waals surface area contributed by atoms with Gasteiger partial charge < -0.3 is 15.0 Å². The van der Waals surface area contributed by atoms with Gasteiger partial charge in [-0.05, 0) is 74.7 Å². The summed E-state index contributed by atoms with van der Waals surface area (Å²) in [6.07, 6.45) is 2.53. The topological polar surface area (TPSA) is 41.6 Å². The molecule has 1 aliphatic carbocycles. The summed E-state index contributed by atoms with van der Waals surface area (Å²) < 4.78 is 5.02. The average Bonchev–Trinajstić information content (AvgIpc) is 3.52. The molecule has 0 amide bonds. The molecule has 0 bridgehead atoms. The van der Waals surface area contributed by atoms with Crippen LogP contribution in [0.2, 0.25) is 0 Å². The van der Waals surface area contributed by atoms with E-state index in [1.165, 1.54) is 18.4 Å². The Labute approximate surface area is 166 Å². The van der Waals surface area contributed by atoms with Crippen molar-refractivity contribution in [2.75, 3.05) is 11.9 Å². The molecular formula is C22H26N2O2S. The van der Waals surface area contributed by atoms with E-state index >= 15 is 0 Å². The van der Waals surface area contributed by atoms with E-state index in [0.29, 0.717) is 29.2 Å². The molecule has 27 heavy (non-hydrogen) atoms. The third-order valence-corrected chi connectivity index (χ3v) is 5.24. The van der Waals surface area contributed by atoms with E-state index in [1.807, 2.05) is 18.2 Å². The van der Waals surface area contributed by atoms with Gasteiger partial charge in [0.2, 0.25) is 0 Å². The summed E-state index contributed by atoms with van der Waals surface area (Å²) in [6.45, 7) is 5.20. The van der Waals surface area contributed by atoms with Crippen LogP contribution in [0.5, 0.6) is 0 Å². The predicted molar refractivity (Wildman–Crippen MR) is 113 cm³/mol. The van der Waals surface area contributed by atoms with Crippen molar-refractivity contribution in [2.45, 2.75) is 39.3 Å². The summed E-state index contributed by atoms with van der Waals surface area (Å²) in [4.78, 5) is 14.0. The van der Waals surface area contributed by atoms with Crippen LogP contribution in [0, 0.1) is 5.92 Å². The van der Waals surface area contributed by atoms with Crippen molar-refractivity contribution in [1.29, 1.82) is 0 Å². The maximum absolute atomic E-state index is 11.8. The Kier molecular flexibility index (Phi) is 6.45. The van der Waals surface area contributed by atoms with Crippen LogP contribution in [-0.2, 0) is 11.3 Å². The van der Waals surface area contributed by atoms with E-state index in [-0.39, 0.29) is 5.97 Å². The minimum absolute atomic E-state index is 0.306. The lowest BCUT2D eigenvalue weighted by Crippen LogP contribution is -2.41. The van der Waals surface area contributed by atoms with Crippen molar-refractivity contribution in [3.63, 3.8) is 0 Å². The van der Waals surface area contributed by atoms with Crippen molar-refractivity contribution < 1.29 is 9.53 Å². The Bertz CT molecular complexity index is 773. The van der Waals surface area contributed by atoms with Gasteiger partial charge in [0.05, 0.1) is 12.2 Å². The molecule has 0 aliphatic heterocycles. The molecule has 3 rings (SSSR count). The fourth-order valence-corrected chi connectivity index (χ4v) is 3.46. The molecule has 0 saturated heterocycles. The molecule has 0 spiro atoms. The quantitative estimate of drug-likeness (QED) is 0.547. The summed E-state index contributed by atoms with van der Waals surface area (Å²) in [7, 11) is 0. The molecule has 2 aromatic rings. The van der Waals surface area contributed by atoms with E-state index in [2.05, 4.69) is 41.4 Å². The number of rotatable bonds is 7. The molecule has 2 aromatic carbocycles. The third kappa shape index (κ3) is 5.30. The minimum Gasteiger partial charge on any atom is -0.462 e. The molecule has 142 valence electrons. The molecule has 1 atom stereocenters. The van der Waals surface area contributed by atoms with Crippen LogP contribution < -0.4 is 5.32 Å². The number of esters is 1. The zero-order valence-corrected chi connectivity index (χ0v) is 16.7. The largest absolute Gasteiger partial charge is 0.462 e. The molecule has 0 radical (unpaired) electrons. The third-order valence-electron chi connectivity index (χ3n) is 4.90. The van der Waals surface area contributed by atoms with E-state index in [9.17, 15) is 4.79 Å².